The Kier molecular flexibility index (Phi) is 2.86. The zero-order chi connectivity index (χ0) is 14.5. The Hall–Kier alpha value is -1.50. The number of anilines is 1. The van der Waals surface area contributed by atoms with Crippen LogP contribution in [0.2, 0.25) is 0 Å². The van der Waals surface area contributed by atoms with E-state index in [0.29, 0.717) is 16.7 Å². The van der Waals surface area contributed by atoms with E-state index in [1.165, 1.54) is 18.0 Å². The summed E-state index contributed by atoms with van der Waals surface area (Å²) >= 11 is 1.34. The van der Waals surface area contributed by atoms with Gasteiger partial charge in [0.1, 0.15) is 6.67 Å². The number of aromatic nitrogens is 1. The standard InChI is InChI=1S/C13H17FN4OS/c1-12(8-3-7(15)5-17-10(8)19-2)9-4-13(9,6-14)20-11(16)18-12/h3,5,9H,4,6,15H2,1-2H3,(H2,16,18)/t9-,12+,13+/m0/s1. The third-order valence-electron chi connectivity index (χ3n) is 4.19. The lowest BCUT2D eigenvalue weighted by Crippen LogP contribution is -2.36. The smallest absolute Gasteiger partial charge is 0.218 e. The van der Waals surface area contributed by atoms with Crippen LogP contribution >= 0.6 is 11.8 Å². The van der Waals surface area contributed by atoms with Crippen LogP contribution in [0.15, 0.2) is 17.3 Å². The van der Waals surface area contributed by atoms with Crippen LogP contribution < -0.4 is 16.2 Å². The Morgan fingerprint density at radius 3 is 2.95 bits per heavy atom. The van der Waals surface area contributed by atoms with Gasteiger partial charge in [0.25, 0.3) is 0 Å². The van der Waals surface area contributed by atoms with Gasteiger partial charge in [-0.15, -0.1) is 0 Å². The molecule has 0 amide bonds. The fraction of sp³-hybridized carbons (Fsp3) is 0.538. The summed E-state index contributed by atoms with van der Waals surface area (Å²) in [6.45, 7) is 1.53. The van der Waals surface area contributed by atoms with Crippen molar-refractivity contribution in [1.82, 2.24) is 4.98 Å². The van der Waals surface area contributed by atoms with Crippen LogP contribution in [0.25, 0.3) is 0 Å². The number of fused-ring (bicyclic) bond motifs is 1. The molecular formula is C13H17FN4OS. The molecule has 1 fully saturated rings. The Morgan fingerprint density at radius 1 is 1.55 bits per heavy atom. The van der Waals surface area contributed by atoms with Crippen molar-refractivity contribution in [3.8, 4) is 5.88 Å². The van der Waals surface area contributed by atoms with Gasteiger partial charge in [0.2, 0.25) is 5.88 Å². The molecule has 3 atom stereocenters. The number of ether oxygens (including phenoxy) is 1. The lowest BCUT2D eigenvalue weighted by Gasteiger charge is -2.33. The SMILES string of the molecule is COc1ncc(N)cc1[C@@]1(C)N=C(N)S[C@@]2(CF)C[C@H]21. The van der Waals surface area contributed by atoms with E-state index in [1.807, 2.05) is 6.92 Å². The highest BCUT2D eigenvalue weighted by Gasteiger charge is 2.67. The molecule has 1 aliphatic carbocycles. The van der Waals surface area contributed by atoms with Gasteiger partial charge in [0.15, 0.2) is 5.17 Å². The third-order valence-corrected chi connectivity index (χ3v) is 5.46. The maximum absolute atomic E-state index is 13.4. The molecule has 0 saturated heterocycles. The van der Waals surface area contributed by atoms with E-state index in [9.17, 15) is 4.39 Å². The number of hydrogen-bond acceptors (Lipinski definition) is 6. The second-order valence-electron chi connectivity index (χ2n) is 5.48. The molecule has 4 N–H and O–H groups in total. The molecule has 1 saturated carbocycles. The minimum absolute atomic E-state index is 0.0785. The molecule has 1 aromatic heterocycles. The van der Waals surface area contributed by atoms with E-state index < -0.39 is 17.0 Å². The number of rotatable bonds is 3. The number of pyridine rings is 1. The summed E-state index contributed by atoms with van der Waals surface area (Å²) in [7, 11) is 1.55. The highest BCUT2D eigenvalue weighted by Crippen LogP contribution is 2.66. The minimum Gasteiger partial charge on any atom is -0.481 e. The summed E-state index contributed by atoms with van der Waals surface area (Å²) < 4.78 is 18.3. The van der Waals surface area contributed by atoms with Crippen molar-refractivity contribution in [3.63, 3.8) is 0 Å². The molecule has 1 aromatic rings. The monoisotopic (exact) mass is 296 g/mol. The summed E-state index contributed by atoms with van der Waals surface area (Å²) in [6.07, 6.45) is 2.28. The molecule has 2 aliphatic rings. The maximum atomic E-state index is 13.4. The second-order valence-corrected chi connectivity index (χ2v) is 6.92. The predicted octanol–water partition coefficient (Wildman–Crippen LogP) is 1.68. The molecule has 0 unspecified atom stereocenters. The topological polar surface area (TPSA) is 86.5 Å². The summed E-state index contributed by atoms with van der Waals surface area (Å²) in [6, 6.07) is 1.79. The van der Waals surface area contributed by atoms with Crippen molar-refractivity contribution >= 4 is 22.6 Å². The average molecular weight is 296 g/mol. The van der Waals surface area contributed by atoms with Crippen molar-refractivity contribution in [2.75, 3.05) is 19.5 Å². The van der Waals surface area contributed by atoms with Crippen LogP contribution in [0.1, 0.15) is 18.9 Å². The third kappa shape index (κ3) is 1.76. The van der Waals surface area contributed by atoms with E-state index in [-0.39, 0.29) is 5.92 Å². The number of nitrogens with zero attached hydrogens (tertiary/aromatic N) is 2. The minimum atomic E-state index is -0.644. The predicted molar refractivity (Wildman–Crippen MR) is 78.6 cm³/mol. The van der Waals surface area contributed by atoms with Gasteiger partial charge < -0.3 is 16.2 Å². The Morgan fingerprint density at radius 2 is 2.30 bits per heavy atom. The fourth-order valence-corrected chi connectivity index (χ4v) is 4.39. The van der Waals surface area contributed by atoms with Gasteiger partial charge in [-0.3, -0.25) is 4.99 Å². The second kappa shape index (κ2) is 4.25. The molecule has 0 bridgehead atoms. The van der Waals surface area contributed by atoms with E-state index in [2.05, 4.69) is 9.98 Å². The van der Waals surface area contributed by atoms with E-state index in [1.54, 1.807) is 13.2 Å². The molecule has 108 valence electrons. The first-order valence-corrected chi connectivity index (χ1v) is 7.17. The molecule has 3 rings (SSSR count). The van der Waals surface area contributed by atoms with Crippen LogP contribution in [-0.4, -0.2) is 28.7 Å². The summed E-state index contributed by atoms with van der Waals surface area (Å²) in [5.41, 5.74) is 12.4. The Labute approximate surface area is 121 Å². The Balaban J connectivity index is 2.13. The normalized spacial score (nSPS) is 35.1. The van der Waals surface area contributed by atoms with Gasteiger partial charge in [0.05, 0.1) is 29.3 Å². The summed E-state index contributed by atoms with van der Waals surface area (Å²) in [5, 5.41) is 0.406. The number of aliphatic imine (C=N–C) groups is 1. The molecule has 1 aliphatic heterocycles. The van der Waals surface area contributed by atoms with E-state index >= 15 is 0 Å². The summed E-state index contributed by atoms with van der Waals surface area (Å²) in [5.74, 6) is 0.541. The summed E-state index contributed by atoms with van der Waals surface area (Å²) in [4.78, 5) is 8.75. The molecule has 2 heterocycles. The van der Waals surface area contributed by atoms with Gasteiger partial charge in [-0.25, -0.2) is 9.37 Å². The quantitative estimate of drug-likeness (QED) is 0.886. The number of amidine groups is 1. The molecule has 0 radical (unpaired) electrons. The van der Waals surface area contributed by atoms with Crippen LogP contribution in [0.3, 0.4) is 0 Å². The van der Waals surface area contributed by atoms with E-state index in [4.69, 9.17) is 16.2 Å². The van der Waals surface area contributed by atoms with Gasteiger partial charge in [-0.05, 0) is 19.4 Å². The van der Waals surface area contributed by atoms with Gasteiger partial charge >= 0.3 is 0 Å². The van der Waals surface area contributed by atoms with Crippen molar-refractivity contribution in [3.05, 3.63) is 17.8 Å². The molecule has 20 heavy (non-hydrogen) atoms. The highest BCUT2D eigenvalue weighted by molar-refractivity contribution is 8.15. The maximum Gasteiger partial charge on any atom is 0.218 e. The first-order valence-electron chi connectivity index (χ1n) is 6.35. The van der Waals surface area contributed by atoms with Gasteiger partial charge in [-0.2, -0.15) is 0 Å². The zero-order valence-corrected chi connectivity index (χ0v) is 12.2. The number of nitrogen functional groups attached to an aromatic ring is 1. The number of hydrogen-bond donors (Lipinski definition) is 2. The van der Waals surface area contributed by atoms with Gasteiger partial charge in [0, 0.05) is 11.5 Å². The largest absolute Gasteiger partial charge is 0.481 e. The van der Waals surface area contributed by atoms with Crippen LogP contribution in [0.4, 0.5) is 10.1 Å². The fourth-order valence-electron chi connectivity index (χ4n) is 3.06. The van der Waals surface area contributed by atoms with Crippen molar-refractivity contribution in [2.24, 2.45) is 16.6 Å². The molecule has 0 aromatic carbocycles. The molecule has 7 heteroatoms. The number of methoxy groups -OCH3 is 1. The number of nitrogens with two attached hydrogens (primary N) is 2. The van der Waals surface area contributed by atoms with E-state index in [0.717, 1.165) is 12.0 Å². The highest BCUT2D eigenvalue weighted by atomic mass is 32.2. The first-order chi connectivity index (χ1) is 9.45. The average Bonchev–Trinajstić information content (AvgIpc) is 3.14. The van der Waals surface area contributed by atoms with Crippen molar-refractivity contribution < 1.29 is 9.13 Å². The van der Waals surface area contributed by atoms with Crippen molar-refractivity contribution in [1.29, 1.82) is 0 Å². The first kappa shape index (κ1) is 13.5. The molecular weight excluding hydrogens is 279 g/mol. The number of alkyl halides is 1. The van der Waals surface area contributed by atoms with Crippen LogP contribution in [-0.2, 0) is 5.54 Å². The Bertz CT molecular complexity index is 596. The van der Waals surface area contributed by atoms with Gasteiger partial charge in [-0.1, -0.05) is 11.8 Å². The lowest BCUT2D eigenvalue weighted by atomic mass is 9.86. The number of thioether (sulfide) groups is 1. The van der Waals surface area contributed by atoms with Crippen molar-refractivity contribution in [2.45, 2.75) is 23.6 Å². The van der Waals surface area contributed by atoms with Crippen LogP contribution in [0.5, 0.6) is 5.88 Å². The molecule has 5 nitrogen and oxygen atoms in total. The number of halogens is 1. The lowest BCUT2D eigenvalue weighted by molar-refractivity contribution is 0.340. The zero-order valence-electron chi connectivity index (χ0n) is 11.4. The molecule has 0 spiro atoms. The van der Waals surface area contributed by atoms with Crippen LogP contribution in [0, 0.1) is 5.92 Å².